The summed E-state index contributed by atoms with van der Waals surface area (Å²) in [4.78, 5) is 0. The van der Waals surface area contributed by atoms with E-state index in [1.807, 2.05) is 0 Å². The molecule has 0 saturated carbocycles. The molecule has 11 heavy (non-hydrogen) atoms. The van der Waals surface area contributed by atoms with Crippen LogP contribution >= 0.6 is 0 Å². The molecule has 0 fully saturated rings. The van der Waals surface area contributed by atoms with Gasteiger partial charge in [0.25, 0.3) is 0 Å². The van der Waals surface area contributed by atoms with Gasteiger partial charge in [0.1, 0.15) is 0 Å². The summed E-state index contributed by atoms with van der Waals surface area (Å²) >= 11 is -1.53. The molecule has 0 nitrogen and oxygen atoms in total. The van der Waals surface area contributed by atoms with Crippen LogP contribution in [0.2, 0.25) is 17.5 Å². The molecule has 0 heterocycles. The molecule has 0 aromatic heterocycles. The van der Waals surface area contributed by atoms with Crippen molar-refractivity contribution in [3.63, 3.8) is 0 Å². The molecular formula is C10H24Zr. The Labute approximate surface area is 77.2 Å². The van der Waals surface area contributed by atoms with E-state index < -0.39 is 20.3 Å². The van der Waals surface area contributed by atoms with Gasteiger partial charge in [-0.1, -0.05) is 0 Å². The summed E-state index contributed by atoms with van der Waals surface area (Å²) in [6, 6.07) is 0. The van der Waals surface area contributed by atoms with Gasteiger partial charge in [0, 0.05) is 0 Å². The van der Waals surface area contributed by atoms with Crippen LogP contribution in [0.15, 0.2) is 0 Å². The molecule has 1 heteroatoms. The molecule has 0 bridgehead atoms. The van der Waals surface area contributed by atoms with Crippen LogP contribution in [0.25, 0.3) is 0 Å². The third-order valence-electron chi connectivity index (χ3n) is 1.92. The first-order valence-corrected chi connectivity index (χ1v) is 13.2. The molecular weight excluding hydrogens is 211 g/mol. The van der Waals surface area contributed by atoms with Gasteiger partial charge < -0.3 is 0 Å². The molecule has 0 aliphatic rings. The van der Waals surface area contributed by atoms with Crippen LogP contribution in [-0.4, -0.2) is 0 Å². The van der Waals surface area contributed by atoms with E-state index in [1.54, 1.807) is 8.26 Å². The molecule has 0 spiro atoms. The monoisotopic (exact) mass is 234 g/mol. The third-order valence-corrected chi connectivity index (χ3v) is 11.4. The quantitative estimate of drug-likeness (QED) is 0.678. The fourth-order valence-electron chi connectivity index (χ4n) is 2.29. The maximum absolute atomic E-state index is 2.59. The zero-order valence-electron chi connectivity index (χ0n) is 9.07. The standard InChI is InChI=1S/2C4H9.2CH3.Zr/c2*1-4(2)3;;;/h2*4H,1H2,2-3H3;2*1H3;. The van der Waals surface area contributed by atoms with E-state index in [2.05, 4.69) is 37.0 Å². The topological polar surface area (TPSA) is 0 Å². The predicted molar refractivity (Wildman–Crippen MR) is 51.0 cm³/mol. The second-order valence-corrected chi connectivity index (χ2v) is 18.0. The van der Waals surface area contributed by atoms with E-state index in [1.165, 1.54) is 0 Å². The van der Waals surface area contributed by atoms with Crippen molar-refractivity contribution >= 4 is 0 Å². The molecule has 0 saturated heterocycles. The minimum absolute atomic E-state index is 0.930. The molecule has 0 aliphatic heterocycles. The number of rotatable bonds is 4. The van der Waals surface area contributed by atoms with Gasteiger partial charge in [0.2, 0.25) is 0 Å². The van der Waals surface area contributed by atoms with Crippen LogP contribution < -0.4 is 0 Å². The van der Waals surface area contributed by atoms with E-state index >= 15 is 0 Å². The molecule has 0 amide bonds. The fourth-order valence-corrected chi connectivity index (χ4v) is 13.6. The van der Waals surface area contributed by atoms with Crippen LogP contribution in [0.1, 0.15) is 27.7 Å². The molecule has 68 valence electrons. The Bertz CT molecular complexity index is 91.4. The fraction of sp³-hybridized carbons (Fsp3) is 1.00. The van der Waals surface area contributed by atoms with Crippen molar-refractivity contribution in [1.82, 2.24) is 0 Å². The first-order valence-electron chi connectivity index (χ1n) is 4.83. The molecule has 0 radical (unpaired) electrons. The summed E-state index contributed by atoms with van der Waals surface area (Å²) in [5.41, 5.74) is 0. The third kappa shape index (κ3) is 7.25. The Kier molecular flexibility index (Phi) is 5.18. The van der Waals surface area contributed by atoms with Gasteiger partial charge in [-0.2, -0.15) is 0 Å². The van der Waals surface area contributed by atoms with Crippen LogP contribution in [0, 0.1) is 11.8 Å². The second-order valence-electron chi connectivity index (χ2n) is 5.36. The average molecular weight is 236 g/mol. The zero-order chi connectivity index (χ0) is 9.07. The molecule has 0 N–H and O–H groups in total. The first kappa shape index (κ1) is 11.9. The van der Waals surface area contributed by atoms with Gasteiger partial charge in [-0.3, -0.25) is 0 Å². The van der Waals surface area contributed by atoms with Crippen molar-refractivity contribution in [1.29, 1.82) is 0 Å². The van der Waals surface area contributed by atoms with E-state index in [0.29, 0.717) is 0 Å². The van der Waals surface area contributed by atoms with Crippen LogP contribution in [0.5, 0.6) is 0 Å². The van der Waals surface area contributed by atoms with Crippen molar-refractivity contribution in [3.05, 3.63) is 0 Å². The van der Waals surface area contributed by atoms with Crippen LogP contribution in [-0.2, 0) is 20.3 Å². The zero-order valence-corrected chi connectivity index (χ0v) is 11.5. The van der Waals surface area contributed by atoms with E-state index in [9.17, 15) is 0 Å². The summed E-state index contributed by atoms with van der Waals surface area (Å²) in [6.45, 7) is 9.44. The van der Waals surface area contributed by atoms with Gasteiger partial charge in [-0.15, -0.1) is 0 Å². The first-order chi connectivity index (χ1) is 4.83. The van der Waals surface area contributed by atoms with Crippen molar-refractivity contribution in [2.24, 2.45) is 11.8 Å². The molecule has 0 unspecified atom stereocenters. The Morgan fingerprint density at radius 2 is 1.09 bits per heavy atom. The number of hydrogen-bond acceptors (Lipinski definition) is 0. The average Bonchev–Trinajstić information content (AvgIpc) is 1.53. The molecule has 0 aliphatic carbocycles. The summed E-state index contributed by atoms with van der Waals surface area (Å²) in [5.74, 6) is 1.86. The molecule has 0 rings (SSSR count). The van der Waals surface area contributed by atoms with Gasteiger partial charge in [0.15, 0.2) is 0 Å². The Morgan fingerprint density at radius 1 is 0.818 bits per heavy atom. The summed E-state index contributed by atoms with van der Waals surface area (Å²) in [6.07, 6.45) is 0. The van der Waals surface area contributed by atoms with Crippen molar-refractivity contribution in [3.8, 4) is 0 Å². The van der Waals surface area contributed by atoms with Crippen molar-refractivity contribution in [2.75, 3.05) is 0 Å². The predicted octanol–water partition coefficient (Wildman–Crippen LogP) is 4.39. The Hall–Kier alpha value is 0.883. The van der Waals surface area contributed by atoms with Gasteiger partial charge in [-0.25, -0.2) is 0 Å². The minimum atomic E-state index is -1.53. The van der Waals surface area contributed by atoms with Crippen molar-refractivity contribution in [2.45, 2.75) is 45.2 Å². The normalized spacial score (nSPS) is 13.1. The summed E-state index contributed by atoms with van der Waals surface area (Å²) in [5, 5.41) is 0. The molecule has 0 aromatic rings. The van der Waals surface area contributed by atoms with Gasteiger partial charge >= 0.3 is 77.3 Å². The van der Waals surface area contributed by atoms with E-state index in [4.69, 9.17) is 0 Å². The second kappa shape index (κ2) is 4.80. The SMILES string of the molecule is CC(C)[CH2][Zr]([CH3])([CH3])[CH2]C(C)C. The van der Waals surface area contributed by atoms with Crippen LogP contribution in [0.3, 0.4) is 0 Å². The van der Waals surface area contributed by atoms with E-state index in [-0.39, 0.29) is 0 Å². The summed E-state index contributed by atoms with van der Waals surface area (Å²) < 4.78 is 8.31. The Morgan fingerprint density at radius 3 is 1.27 bits per heavy atom. The molecule has 0 atom stereocenters. The van der Waals surface area contributed by atoms with Gasteiger partial charge in [0.05, 0.1) is 0 Å². The molecule has 0 aromatic carbocycles. The van der Waals surface area contributed by atoms with Crippen LogP contribution in [0.4, 0.5) is 0 Å². The number of hydrogen-bond donors (Lipinski definition) is 0. The maximum atomic E-state index is 2.59. The summed E-state index contributed by atoms with van der Waals surface area (Å²) in [7, 11) is 0. The Balaban J connectivity index is 3.79. The van der Waals surface area contributed by atoms with Crippen molar-refractivity contribution < 1.29 is 20.3 Å². The van der Waals surface area contributed by atoms with Gasteiger partial charge in [-0.05, 0) is 0 Å². The van der Waals surface area contributed by atoms with E-state index in [0.717, 1.165) is 11.8 Å².